The van der Waals surface area contributed by atoms with E-state index in [0.29, 0.717) is 67.5 Å². The zero-order chi connectivity index (χ0) is 56.9. The number of piperazine rings is 1. The lowest BCUT2D eigenvalue weighted by molar-refractivity contribution is -0.221. The summed E-state index contributed by atoms with van der Waals surface area (Å²) in [7, 11) is 0.837. The van der Waals surface area contributed by atoms with Crippen LogP contribution in [0.15, 0.2) is 79.1 Å². The minimum absolute atomic E-state index is 0.0445. The molecule has 3 aliphatic rings. The number of amides is 4. The van der Waals surface area contributed by atoms with Crippen LogP contribution >= 0.6 is 0 Å². The van der Waals surface area contributed by atoms with Gasteiger partial charge in [0.25, 0.3) is 5.91 Å². The van der Waals surface area contributed by atoms with Crippen molar-refractivity contribution in [2.75, 3.05) is 44.9 Å². The van der Waals surface area contributed by atoms with E-state index in [1.165, 1.54) is 29.7 Å². The molecule has 6 N–H and O–H groups in total. The second kappa shape index (κ2) is 23.8. The van der Waals surface area contributed by atoms with Gasteiger partial charge in [-0.05, 0) is 101 Å². The van der Waals surface area contributed by atoms with Crippen LogP contribution in [0, 0.1) is 34.3 Å². The van der Waals surface area contributed by atoms with Crippen LogP contribution < -0.4 is 26.3 Å². The minimum atomic E-state index is -5.23. The number of anilines is 1. The van der Waals surface area contributed by atoms with Crippen LogP contribution in [0.3, 0.4) is 0 Å². The number of alkyl carbamates (subject to hydrolysis) is 1. The van der Waals surface area contributed by atoms with Crippen LogP contribution in [0.5, 0.6) is 0 Å². The van der Waals surface area contributed by atoms with Crippen molar-refractivity contribution in [2.24, 2.45) is 10.8 Å². The summed E-state index contributed by atoms with van der Waals surface area (Å²) in [5.41, 5.74) is -3.46. The molecule has 78 heavy (non-hydrogen) atoms. The van der Waals surface area contributed by atoms with Crippen LogP contribution in [0.1, 0.15) is 62.8 Å². The molecule has 0 spiro atoms. The number of carbonyl (C=O) groups is 4. The largest absolute Gasteiger partial charge is 0.465 e. The molecular weight excluding hydrogens is 1040 g/mol. The number of fused-ring (bicyclic) bond motifs is 2. The van der Waals surface area contributed by atoms with Gasteiger partial charge in [-0.15, -0.1) is 0 Å². The van der Waals surface area contributed by atoms with E-state index in [1.807, 2.05) is 22.9 Å². The highest BCUT2D eigenvalue weighted by Crippen LogP contribution is 2.42. The Morgan fingerprint density at radius 2 is 1.38 bits per heavy atom. The number of nitrogens with zero attached hydrogens (tertiary/aromatic N) is 5. The number of nitrogens with one attached hydrogen (secondary N) is 4. The molecule has 2 aromatic carbocycles. The number of aromatic nitrogens is 2. The number of aliphatic hydroxyl groups excluding tert-OH is 1. The highest BCUT2D eigenvalue weighted by atomic mass is 19.4. The van der Waals surface area contributed by atoms with Crippen molar-refractivity contribution in [1.82, 2.24) is 41.3 Å². The van der Waals surface area contributed by atoms with E-state index in [1.54, 1.807) is 30.5 Å². The molecule has 0 radical (unpaired) electrons. The minimum Gasteiger partial charge on any atom is -0.465 e. The molecule has 6 atom stereocenters. The molecule has 5 heterocycles. The monoisotopic (exact) mass is 1100 g/mol. The normalized spacial score (nSPS) is 18.6. The predicted octanol–water partition coefficient (Wildman–Crippen LogP) is 6.33. The van der Waals surface area contributed by atoms with Gasteiger partial charge in [0.1, 0.15) is 29.5 Å². The average Bonchev–Trinajstić information content (AvgIpc) is 3.64. The van der Waals surface area contributed by atoms with E-state index in [0.717, 1.165) is 64.2 Å². The number of rotatable bonds is 18. The number of methoxy groups -OCH3 is 1. The molecule has 420 valence electrons. The van der Waals surface area contributed by atoms with E-state index in [4.69, 9.17) is 4.74 Å². The highest BCUT2D eigenvalue weighted by molar-refractivity contribution is 5.87. The lowest BCUT2D eigenvalue weighted by Gasteiger charge is -2.47. The predicted molar refractivity (Wildman–Crippen MR) is 266 cm³/mol. The molecule has 0 aliphatic carbocycles. The fraction of sp³-hybridized carbons (Fsp3) is 0.472. The maximum absolute atomic E-state index is 16.0. The Bertz CT molecular complexity index is 2810. The number of aliphatic hydroxyl groups is 1. The number of hydrogen-bond donors (Lipinski definition) is 6. The van der Waals surface area contributed by atoms with Gasteiger partial charge in [-0.2, -0.15) is 26.3 Å². The second-order valence-corrected chi connectivity index (χ2v) is 20.5. The van der Waals surface area contributed by atoms with E-state index in [-0.39, 0.29) is 11.3 Å². The van der Waals surface area contributed by atoms with E-state index < -0.39 is 108 Å². The van der Waals surface area contributed by atoms with Gasteiger partial charge in [0.2, 0.25) is 5.91 Å². The third kappa shape index (κ3) is 13.6. The van der Waals surface area contributed by atoms with E-state index in [2.05, 4.69) is 41.7 Å². The zero-order valence-corrected chi connectivity index (χ0v) is 43.0. The van der Waals surface area contributed by atoms with Gasteiger partial charge in [-0.1, -0.05) is 30.0 Å². The number of halogens is 8. The van der Waals surface area contributed by atoms with Gasteiger partial charge in [-0.3, -0.25) is 24.9 Å². The van der Waals surface area contributed by atoms with Gasteiger partial charge >= 0.3 is 24.5 Å². The Kier molecular flexibility index (Phi) is 17.9. The second-order valence-electron chi connectivity index (χ2n) is 20.5. The summed E-state index contributed by atoms with van der Waals surface area (Å²) < 4.78 is 129. The molecule has 3 aliphatic heterocycles. The van der Waals surface area contributed by atoms with Crippen molar-refractivity contribution < 1.29 is 74.0 Å². The Morgan fingerprint density at radius 3 is 1.90 bits per heavy atom. The topological polar surface area (TPSA) is 211 Å². The summed E-state index contributed by atoms with van der Waals surface area (Å²) in [5, 5.41) is 27.8. The number of alkyl halides is 6. The Balaban J connectivity index is 1.17. The molecule has 4 aromatic rings. The number of carboxylic acid groups (broad SMARTS) is 1. The molecule has 2 aromatic heterocycles. The lowest BCUT2D eigenvalue weighted by Crippen LogP contribution is -2.63. The number of carbonyl (C=O) groups excluding carboxylic acids is 3. The third-order valence-electron chi connectivity index (χ3n) is 14.5. The van der Waals surface area contributed by atoms with Crippen LogP contribution in [0.25, 0.3) is 11.3 Å². The lowest BCUT2D eigenvalue weighted by atomic mass is 9.82. The number of pyridine rings is 2. The van der Waals surface area contributed by atoms with Gasteiger partial charge in [-0.25, -0.2) is 28.4 Å². The van der Waals surface area contributed by atoms with Crippen molar-refractivity contribution in [3.05, 3.63) is 113 Å². The van der Waals surface area contributed by atoms with Crippen LogP contribution in [-0.2, 0) is 32.0 Å². The molecule has 2 bridgehead atoms. The Labute approximate surface area is 444 Å². The van der Waals surface area contributed by atoms with Crippen molar-refractivity contribution in [2.45, 2.75) is 108 Å². The van der Waals surface area contributed by atoms with E-state index >= 15 is 8.78 Å². The van der Waals surface area contributed by atoms with Gasteiger partial charge < -0.3 is 40.5 Å². The Hall–Kier alpha value is -7.14. The number of ether oxygens (including phenoxy) is 2. The summed E-state index contributed by atoms with van der Waals surface area (Å²) in [6.07, 6.45) is -11.2. The molecule has 3 saturated heterocycles. The summed E-state index contributed by atoms with van der Waals surface area (Å²) in [6, 6.07) is 10.7. The molecule has 25 heteroatoms. The average molecular weight is 1100 g/mol. The van der Waals surface area contributed by atoms with Crippen molar-refractivity contribution >= 4 is 29.8 Å². The molecular formula is C53H59F8N9O8. The van der Waals surface area contributed by atoms with Gasteiger partial charge in [0.15, 0.2) is 0 Å². The maximum atomic E-state index is 16.0. The first-order chi connectivity index (χ1) is 36.7. The molecule has 3 fully saturated rings. The first-order valence-corrected chi connectivity index (χ1v) is 24.7. The highest BCUT2D eigenvalue weighted by Gasteiger charge is 2.57. The molecule has 17 nitrogen and oxygen atoms in total. The Morgan fingerprint density at radius 1 is 0.795 bits per heavy atom. The quantitative estimate of drug-likeness (QED) is 0.0366. The molecule has 7 rings (SSSR count). The zero-order valence-electron chi connectivity index (χ0n) is 43.0. The molecule has 0 saturated carbocycles. The fourth-order valence-corrected chi connectivity index (χ4v) is 9.56. The number of hydrazine groups is 1. The number of hydrogen-bond acceptors (Lipinski definition) is 12. The van der Waals surface area contributed by atoms with E-state index in [9.17, 15) is 55.7 Å². The van der Waals surface area contributed by atoms with Crippen molar-refractivity contribution in [1.29, 1.82) is 0 Å². The summed E-state index contributed by atoms with van der Waals surface area (Å²) >= 11 is 0. The SMILES string of the molecule is COC(=O)NC(C(=O)N[C@@H](Cc1ccc(C#Cc2ccc(N3CC4CCC(C3)N4C3COC3)nc2)cc1)[C@@H](O)CN(Cc1c(F)cc(-c2ccccn2)cc1F)NC(=O)[C@@H](NC(=O)O)C(C)(C)C(F)(F)F)C(C)(C)C(F)(F)F. The first-order valence-electron chi connectivity index (χ1n) is 24.7. The summed E-state index contributed by atoms with van der Waals surface area (Å²) in [5.74, 6) is 1.16. The smallest absolute Gasteiger partial charge is 0.407 e. The summed E-state index contributed by atoms with van der Waals surface area (Å²) in [4.78, 5) is 65.7. The van der Waals surface area contributed by atoms with Crippen molar-refractivity contribution in [3.63, 3.8) is 0 Å². The molecule has 3 unspecified atom stereocenters. The first kappa shape index (κ1) is 58.5. The third-order valence-corrected chi connectivity index (χ3v) is 14.5. The maximum Gasteiger partial charge on any atom is 0.407 e. The van der Waals surface area contributed by atoms with Crippen LogP contribution in [0.4, 0.5) is 50.5 Å². The number of benzene rings is 2. The standard InChI is InChI=1S/C53H59F8N9O8/c1-50(2,52(56,57)58)44(66-49(76)77-5)46(72)64-41(20-31-12-9-30(10-13-31)11-14-32-15-18-43(63-23-32)68-24-34-16-17-35(25-68)70(34)36-28-78-29-36)42(71)27-69(67-47(73)45(65-48(74)75)51(3,4)53(59,60)61)26-37-38(54)21-33(22-39(37)55)40-8-6-7-19-62-40/h6-10,12-13,15,18-19,21-23,34-36,41-42,44-45,65,71H,16-17,20,24-29H2,1-5H3,(H,64,72)(H,66,76)(H,67,73)(H,74,75)/t34?,35?,41-,42-,44?,45+/m0/s1. The molecule has 4 amide bonds. The van der Waals surface area contributed by atoms with Gasteiger partial charge in [0.05, 0.1) is 55.0 Å². The summed E-state index contributed by atoms with van der Waals surface area (Å²) in [6.45, 7) is 3.34. The van der Waals surface area contributed by atoms with Gasteiger partial charge in [0, 0.05) is 72.9 Å². The van der Waals surface area contributed by atoms with Crippen molar-refractivity contribution in [3.8, 4) is 23.1 Å². The fourth-order valence-electron chi connectivity index (χ4n) is 9.56. The van der Waals surface area contributed by atoms with Crippen LogP contribution in [-0.4, -0.2) is 149 Å². The van der Waals surface area contributed by atoms with Crippen LogP contribution in [0.2, 0.25) is 0 Å².